The maximum absolute atomic E-state index is 13.7. The third-order valence-corrected chi connectivity index (χ3v) is 7.19. The van der Waals surface area contributed by atoms with Crippen LogP contribution in [0, 0.1) is 0 Å². The van der Waals surface area contributed by atoms with E-state index >= 15 is 0 Å². The van der Waals surface area contributed by atoms with Gasteiger partial charge in [-0.2, -0.15) is 0 Å². The normalized spacial score (nSPS) is 15.4. The average molecular weight is 556 g/mol. The Kier molecular flexibility index (Phi) is 8.14. The number of carbonyl (C=O) groups excluding carboxylic acids is 2. The number of aliphatic hydroxyl groups is 1. The van der Waals surface area contributed by atoms with E-state index in [-0.39, 0.29) is 19.1 Å². The minimum absolute atomic E-state index is 0.0161. The number of anilines is 1. The van der Waals surface area contributed by atoms with Gasteiger partial charge in [0, 0.05) is 49.7 Å². The van der Waals surface area contributed by atoms with Crippen molar-refractivity contribution in [2.24, 2.45) is 0 Å². The first-order valence-corrected chi connectivity index (χ1v) is 13.4. The van der Waals surface area contributed by atoms with Crippen molar-refractivity contribution >= 4 is 28.5 Å². The molecule has 1 unspecified atom stereocenters. The van der Waals surface area contributed by atoms with E-state index in [1.807, 2.05) is 42.5 Å². The smallest absolute Gasteiger partial charge is 0.332 e. The number of carbonyl (C=O) groups is 2. The summed E-state index contributed by atoms with van der Waals surface area (Å²) in [6.45, 7) is 4.60. The van der Waals surface area contributed by atoms with E-state index < -0.39 is 17.7 Å². The number of ether oxygens (including phenoxy) is 2. The number of urea groups is 1. The van der Waals surface area contributed by atoms with Gasteiger partial charge in [-0.05, 0) is 61.4 Å². The van der Waals surface area contributed by atoms with Crippen LogP contribution in [-0.4, -0.2) is 63.8 Å². The summed E-state index contributed by atoms with van der Waals surface area (Å²) in [5.41, 5.74) is 2.05. The van der Waals surface area contributed by atoms with Crippen molar-refractivity contribution < 1.29 is 24.2 Å². The molecule has 212 valence electrons. The number of para-hydroxylation sites is 1. The van der Waals surface area contributed by atoms with E-state index in [9.17, 15) is 14.7 Å². The first kappa shape index (κ1) is 28.0. The van der Waals surface area contributed by atoms with E-state index in [2.05, 4.69) is 15.3 Å². The van der Waals surface area contributed by atoms with Crippen LogP contribution in [-0.2, 0) is 17.9 Å². The first-order valence-electron chi connectivity index (χ1n) is 13.4. The van der Waals surface area contributed by atoms with Crippen LogP contribution in [0.1, 0.15) is 25.0 Å². The highest BCUT2D eigenvalue weighted by molar-refractivity contribution is 6.23. The van der Waals surface area contributed by atoms with E-state index in [4.69, 9.17) is 9.47 Å². The van der Waals surface area contributed by atoms with E-state index in [1.165, 1.54) is 12.0 Å². The number of aromatic nitrogens is 2. The Morgan fingerprint density at radius 2 is 1.78 bits per heavy atom. The molecule has 0 saturated carbocycles. The van der Waals surface area contributed by atoms with Crippen molar-refractivity contribution in [3.8, 4) is 11.5 Å². The van der Waals surface area contributed by atoms with Crippen molar-refractivity contribution in [3.63, 3.8) is 0 Å². The number of nitrogens with one attached hydrogen (secondary N) is 1. The van der Waals surface area contributed by atoms with Crippen LogP contribution in [0.25, 0.3) is 10.9 Å². The summed E-state index contributed by atoms with van der Waals surface area (Å²) >= 11 is 0. The second-order valence-electron chi connectivity index (χ2n) is 10.3. The predicted molar refractivity (Wildman–Crippen MR) is 155 cm³/mol. The Labute approximate surface area is 238 Å². The third-order valence-electron chi connectivity index (χ3n) is 7.19. The molecule has 4 aromatic rings. The van der Waals surface area contributed by atoms with Crippen molar-refractivity contribution in [1.29, 1.82) is 0 Å². The molecular formula is C31H33N5O5. The van der Waals surface area contributed by atoms with Crippen LogP contribution in [0.3, 0.4) is 0 Å². The van der Waals surface area contributed by atoms with Crippen molar-refractivity contribution in [2.75, 3.05) is 25.2 Å². The number of hydrogen-bond donors (Lipinski definition) is 2. The van der Waals surface area contributed by atoms with Gasteiger partial charge < -0.3 is 24.8 Å². The van der Waals surface area contributed by atoms with Crippen molar-refractivity contribution in [2.45, 2.75) is 38.6 Å². The molecule has 1 saturated heterocycles. The zero-order valence-electron chi connectivity index (χ0n) is 23.3. The maximum Gasteiger partial charge on any atom is 0.332 e. The van der Waals surface area contributed by atoms with Gasteiger partial charge in [0.25, 0.3) is 5.91 Å². The number of pyridine rings is 2. The molecule has 10 nitrogen and oxygen atoms in total. The molecule has 2 aromatic heterocycles. The standard InChI is InChI=1S/C31H33N5O5/c1-31(2)29(38)36(30(39)35(31)19-22-12-15-34-26-7-5-4-6-25(22)26)23-8-9-27(40-3)28(16-23)41-20-24(37)18-33-17-21-10-13-32-14-11-21/h4-16,24,33,37H,17-20H2,1-3H3. The molecule has 2 N–H and O–H groups in total. The number of nitrogens with zero attached hydrogens (tertiary/aromatic N) is 4. The number of benzene rings is 2. The van der Waals surface area contributed by atoms with Crippen molar-refractivity contribution in [1.82, 2.24) is 20.2 Å². The molecule has 10 heteroatoms. The summed E-state index contributed by atoms with van der Waals surface area (Å²) in [4.78, 5) is 38.5. The fourth-order valence-corrected chi connectivity index (χ4v) is 4.84. The first-order chi connectivity index (χ1) is 19.8. The highest BCUT2D eigenvalue weighted by Gasteiger charge is 2.52. The molecule has 2 aromatic carbocycles. The second kappa shape index (κ2) is 11.9. The minimum Gasteiger partial charge on any atom is -0.493 e. The van der Waals surface area contributed by atoms with Crippen molar-refractivity contribution in [3.05, 3.63) is 90.4 Å². The van der Waals surface area contributed by atoms with Gasteiger partial charge in [-0.3, -0.25) is 14.8 Å². The van der Waals surface area contributed by atoms with E-state index in [0.717, 1.165) is 22.0 Å². The number of rotatable bonds is 11. The Bertz CT molecular complexity index is 1540. The average Bonchev–Trinajstić information content (AvgIpc) is 3.15. The number of aliphatic hydroxyl groups excluding tert-OH is 1. The monoisotopic (exact) mass is 555 g/mol. The summed E-state index contributed by atoms with van der Waals surface area (Å²) in [7, 11) is 1.50. The van der Waals surface area contributed by atoms with Crippen LogP contribution < -0.4 is 19.7 Å². The number of methoxy groups -OCH3 is 1. The van der Waals surface area contributed by atoms with E-state index in [0.29, 0.717) is 30.3 Å². The maximum atomic E-state index is 13.7. The summed E-state index contributed by atoms with van der Waals surface area (Å²) in [5, 5.41) is 14.6. The van der Waals surface area contributed by atoms with Gasteiger partial charge in [-0.15, -0.1) is 0 Å². The van der Waals surface area contributed by atoms with Crippen LogP contribution >= 0.6 is 0 Å². The Morgan fingerprint density at radius 3 is 2.56 bits per heavy atom. The summed E-state index contributed by atoms with van der Waals surface area (Å²) < 4.78 is 11.3. The van der Waals surface area contributed by atoms with Gasteiger partial charge in [-0.1, -0.05) is 18.2 Å². The summed E-state index contributed by atoms with van der Waals surface area (Å²) in [6, 6.07) is 17.8. The molecule has 1 aliphatic heterocycles. The zero-order chi connectivity index (χ0) is 29.0. The zero-order valence-corrected chi connectivity index (χ0v) is 23.3. The van der Waals surface area contributed by atoms with Crippen LogP contribution in [0.2, 0.25) is 0 Å². The topological polar surface area (TPSA) is 117 Å². The van der Waals surface area contributed by atoms with Crippen LogP contribution in [0.4, 0.5) is 10.5 Å². The lowest BCUT2D eigenvalue weighted by molar-refractivity contribution is -0.123. The summed E-state index contributed by atoms with van der Waals surface area (Å²) in [6.07, 6.45) is 4.34. The van der Waals surface area contributed by atoms with Gasteiger partial charge in [0.1, 0.15) is 18.2 Å². The van der Waals surface area contributed by atoms with Gasteiger partial charge in [0.15, 0.2) is 11.5 Å². The van der Waals surface area contributed by atoms with Crippen LogP contribution in [0.5, 0.6) is 11.5 Å². The fourth-order valence-electron chi connectivity index (χ4n) is 4.84. The number of amides is 3. The molecule has 3 heterocycles. The Balaban J connectivity index is 1.31. The molecule has 0 bridgehead atoms. The largest absolute Gasteiger partial charge is 0.493 e. The number of hydrogen-bond acceptors (Lipinski definition) is 8. The molecule has 5 rings (SSSR count). The quantitative estimate of drug-likeness (QED) is 0.268. The predicted octanol–water partition coefficient (Wildman–Crippen LogP) is 3.92. The molecule has 1 aliphatic rings. The van der Waals surface area contributed by atoms with E-state index in [1.54, 1.807) is 55.5 Å². The van der Waals surface area contributed by atoms with Gasteiger partial charge in [0.2, 0.25) is 0 Å². The van der Waals surface area contributed by atoms with Gasteiger partial charge >= 0.3 is 6.03 Å². The molecule has 0 aliphatic carbocycles. The Hall–Kier alpha value is -4.54. The SMILES string of the molecule is COc1ccc(N2C(=O)N(Cc3ccnc4ccccc34)C(C)(C)C2=O)cc1OCC(O)CNCc1ccncc1. The molecule has 41 heavy (non-hydrogen) atoms. The molecular weight excluding hydrogens is 522 g/mol. The number of imide groups is 1. The molecule has 0 radical (unpaired) electrons. The molecule has 0 spiro atoms. The molecule has 1 fully saturated rings. The Morgan fingerprint density at radius 1 is 1.00 bits per heavy atom. The minimum atomic E-state index is -1.08. The lowest BCUT2D eigenvalue weighted by atomic mass is 10.0. The lowest BCUT2D eigenvalue weighted by Crippen LogP contribution is -2.43. The summed E-state index contributed by atoms with van der Waals surface area (Å²) in [5.74, 6) is 0.386. The van der Waals surface area contributed by atoms with Crippen LogP contribution in [0.15, 0.2) is 79.3 Å². The molecule has 3 amide bonds. The lowest BCUT2D eigenvalue weighted by Gasteiger charge is -2.28. The highest BCUT2D eigenvalue weighted by Crippen LogP contribution is 2.38. The van der Waals surface area contributed by atoms with Gasteiger partial charge in [0.05, 0.1) is 18.3 Å². The second-order valence-corrected chi connectivity index (χ2v) is 10.3. The third kappa shape index (κ3) is 5.84. The number of fused-ring (bicyclic) bond motifs is 1. The highest BCUT2D eigenvalue weighted by atomic mass is 16.5. The van der Waals surface area contributed by atoms with Gasteiger partial charge in [-0.25, -0.2) is 9.69 Å². The fraction of sp³-hybridized carbons (Fsp3) is 0.290. The molecule has 1 atom stereocenters.